The van der Waals surface area contributed by atoms with Crippen LogP contribution in [0.5, 0.6) is 0 Å². The second kappa shape index (κ2) is 6.75. The van der Waals surface area contributed by atoms with E-state index in [1.165, 1.54) is 6.07 Å². The summed E-state index contributed by atoms with van der Waals surface area (Å²) < 4.78 is 13.5. The predicted molar refractivity (Wildman–Crippen MR) is 85.1 cm³/mol. The molecule has 118 valence electrons. The van der Waals surface area contributed by atoms with Gasteiger partial charge in [0.05, 0.1) is 12.1 Å². The van der Waals surface area contributed by atoms with Gasteiger partial charge in [0.1, 0.15) is 5.82 Å². The van der Waals surface area contributed by atoms with Gasteiger partial charge in [0.25, 0.3) is 0 Å². The number of benzene rings is 1. The Morgan fingerprint density at radius 3 is 2.62 bits per heavy atom. The lowest BCUT2D eigenvalue weighted by Gasteiger charge is -2.40. The molecule has 0 amide bonds. The molecule has 1 aromatic rings. The Morgan fingerprint density at radius 2 is 2.14 bits per heavy atom. The Kier molecular flexibility index (Phi) is 5.22. The zero-order valence-electron chi connectivity index (χ0n) is 13.3. The summed E-state index contributed by atoms with van der Waals surface area (Å²) in [6.45, 7) is 7.87. The number of aliphatic hydroxyl groups is 1. The van der Waals surface area contributed by atoms with Crippen LogP contribution in [0.15, 0.2) is 24.3 Å². The normalized spacial score (nSPS) is 17.8. The Balaban J connectivity index is 2.20. The molecule has 2 rings (SSSR count). The fourth-order valence-electron chi connectivity index (χ4n) is 3.13. The minimum Gasteiger partial charge on any atom is -0.394 e. The Hall–Kier alpha value is -1.13. The van der Waals surface area contributed by atoms with E-state index < -0.39 is 0 Å². The van der Waals surface area contributed by atoms with Crippen molar-refractivity contribution in [3.63, 3.8) is 0 Å². The molecule has 1 atom stereocenters. The van der Waals surface area contributed by atoms with Crippen LogP contribution in [-0.4, -0.2) is 36.4 Å². The maximum absolute atomic E-state index is 13.5. The SMILES string of the molecule is CCN(CC(CO)(NC(C)C)C1CC1)c1cccc(F)c1. The number of likely N-dealkylation sites (N-methyl/N-ethyl adjacent to an activating group) is 1. The van der Waals surface area contributed by atoms with Gasteiger partial charge in [-0.25, -0.2) is 4.39 Å². The Bertz CT molecular complexity index is 462. The summed E-state index contributed by atoms with van der Waals surface area (Å²) in [4.78, 5) is 2.15. The molecule has 0 aromatic heterocycles. The van der Waals surface area contributed by atoms with E-state index in [9.17, 15) is 9.50 Å². The highest BCUT2D eigenvalue weighted by Gasteiger charge is 2.46. The van der Waals surface area contributed by atoms with Crippen molar-refractivity contribution in [2.45, 2.75) is 45.2 Å². The Labute approximate surface area is 127 Å². The molecule has 1 unspecified atom stereocenters. The van der Waals surface area contributed by atoms with Crippen molar-refractivity contribution in [3.8, 4) is 0 Å². The van der Waals surface area contributed by atoms with Crippen LogP contribution in [0.4, 0.5) is 10.1 Å². The third-order valence-corrected chi connectivity index (χ3v) is 4.25. The Morgan fingerprint density at radius 1 is 1.43 bits per heavy atom. The van der Waals surface area contributed by atoms with Gasteiger partial charge in [-0.15, -0.1) is 0 Å². The zero-order valence-corrected chi connectivity index (χ0v) is 13.3. The first-order valence-corrected chi connectivity index (χ1v) is 7.90. The van der Waals surface area contributed by atoms with Gasteiger partial charge >= 0.3 is 0 Å². The lowest BCUT2D eigenvalue weighted by Crippen LogP contribution is -2.60. The first kappa shape index (κ1) is 16.2. The van der Waals surface area contributed by atoms with E-state index >= 15 is 0 Å². The van der Waals surface area contributed by atoms with E-state index in [1.54, 1.807) is 12.1 Å². The highest BCUT2D eigenvalue weighted by atomic mass is 19.1. The first-order valence-electron chi connectivity index (χ1n) is 7.90. The second-order valence-corrected chi connectivity index (χ2v) is 6.38. The topological polar surface area (TPSA) is 35.5 Å². The second-order valence-electron chi connectivity index (χ2n) is 6.38. The molecular formula is C17H27FN2O. The lowest BCUT2D eigenvalue weighted by molar-refractivity contribution is 0.135. The molecule has 0 radical (unpaired) electrons. The molecule has 4 heteroatoms. The minimum absolute atomic E-state index is 0.113. The van der Waals surface area contributed by atoms with E-state index in [0.717, 1.165) is 25.1 Å². The molecular weight excluding hydrogens is 267 g/mol. The summed E-state index contributed by atoms with van der Waals surface area (Å²) in [5.41, 5.74) is 0.581. The van der Waals surface area contributed by atoms with E-state index in [2.05, 4.69) is 31.0 Å². The number of hydrogen-bond acceptors (Lipinski definition) is 3. The van der Waals surface area contributed by atoms with Gasteiger partial charge < -0.3 is 15.3 Å². The van der Waals surface area contributed by atoms with Gasteiger partial charge in [-0.1, -0.05) is 19.9 Å². The van der Waals surface area contributed by atoms with Crippen LogP contribution < -0.4 is 10.2 Å². The molecule has 0 aliphatic heterocycles. The number of rotatable bonds is 8. The summed E-state index contributed by atoms with van der Waals surface area (Å²) in [7, 11) is 0. The number of anilines is 1. The maximum atomic E-state index is 13.5. The standard InChI is InChI=1S/C17H27FN2O/c1-4-20(16-7-5-6-15(18)10-16)11-17(12-21,14-8-9-14)19-13(2)3/h5-7,10,13-14,19,21H,4,8-9,11-12H2,1-3H3. The van der Waals surface area contributed by atoms with E-state index in [4.69, 9.17) is 0 Å². The summed E-state index contributed by atoms with van der Waals surface area (Å²) in [6.07, 6.45) is 2.31. The summed E-state index contributed by atoms with van der Waals surface area (Å²) in [5.74, 6) is 0.288. The lowest BCUT2D eigenvalue weighted by atomic mass is 9.92. The molecule has 1 aromatic carbocycles. The van der Waals surface area contributed by atoms with Crippen molar-refractivity contribution < 1.29 is 9.50 Å². The number of nitrogens with one attached hydrogen (secondary N) is 1. The van der Waals surface area contributed by atoms with Gasteiger partial charge in [0, 0.05) is 24.8 Å². The molecule has 0 spiro atoms. The zero-order chi connectivity index (χ0) is 15.5. The van der Waals surface area contributed by atoms with Crippen LogP contribution >= 0.6 is 0 Å². The highest BCUT2D eigenvalue weighted by molar-refractivity contribution is 5.47. The van der Waals surface area contributed by atoms with E-state index in [1.807, 2.05) is 6.07 Å². The van der Waals surface area contributed by atoms with Crippen molar-refractivity contribution in [1.82, 2.24) is 5.32 Å². The van der Waals surface area contributed by atoms with Crippen LogP contribution in [0.1, 0.15) is 33.6 Å². The first-order chi connectivity index (χ1) is 10.0. The molecule has 1 aliphatic carbocycles. The number of halogens is 1. The summed E-state index contributed by atoms with van der Waals surface area (Å²) >= 11 is 0. The number of hydrogen-bond donors (Lipinski definition) is 2. The largest absolute Gasteiger partial charge is 0.394 e. The highest BCUT2D eigenvalue weighted by Crippen LogP contribution is 2.40. The molecule has 21 heavy (non-hydrogen) atoms. The summed E-state index contributed by atoms with van der Waals surface area (Å²) in [6, 6.07) is 7.00. The van der Waals surface area contributed by atoms with E-state index in [0.29, 0.717) is 18.5 Å². The van der Waals surface area contributed by atoms with Crippen LogP contribution in [0, 0.1) is 11.7 Å². The van der Waals surface area contributed by atoms with Gasteiger partial charge in [-0.2, -0.15) is 0 Å². The molecule has 1 saturated carbocycles. The quantitative estimate of drug-likeness (QED) is 0.774. The third-order valence-electron chi connectivity index (χ3n) is 4.25. The summed E-state index contributed by atoms with van der Waals surface area (Å²) in [5, 5.41) is 13.6. The molecule has 1 aliphatic rings. The van der Waals surface area contributed by atoms with Gasteiger partial charge in [-0.3, -0.25) is 0 Å². The van der Waals surface area contributed by atoms with Crippen molar-refractivity contribution in [1.29, 1.82) is 0 Å². The number of nitrogens with zero attached hydrogens (tertiary/aromatic N) is 1. The molecule has 0 heterocycles. The van der Waals surface area contributed by atoms with Crippen LogP contribution in [-0.2, 0) is 0 Å². The monoisotopic (exact) mass is 294 g/mol. The van der Waals surface area contributed by atoms with Crippen molar-refractivity contribution in [3.05, 3.63) is 30.1 Å². The minimum atomic E-state index is -0.295. The fourth-order valence-corrected chi connectivity index (χ4v) is 3.13. The van der Waals surface area contributed by atoms with Crippen LogP contribution in [0.2, 0.25) is 0 Å². The molecule has 3 nitrogen and oxygen atoms in total. The van der Waals surface area contributed by atoms with Gasteiger partial charge in [-0.05, 0) is 43.9 Å². The molecule has 1 fully saturated rings. The predicted octanol–water partition coefficient (Wildman–Crippen LogP) is 2.79. The van der Waals surface area contributed by atoms with Gasteiger partial charge in [0.15, 0.2) is 0 Å². The van der Waals surface area contributed by atoms with Crippen LogP contribution in [0.3, 0.4) is 0 Å². The molecule has 0 bridgehead atoms. The van der Waals surface area contributed by atoms with Crippen molar-refractivity contribution in [2.24, 2.45) is 5.92 Å². The number of aliphatic hydroxyl groups excluding tert-OH is 1. The molecule has 0 saturated heterocycles. The fraction of sp³-hybridized carbons (Fsp3) is 0.647. The third kappa shape index (κ3) is 3.95. The van der Waals surface area contributed by atoms with Gasteiger partial charge in [0.2, 0.25) is 0 Å². The van der Waals surface area contributed by atoms with Crippen LogP contribution in [0.25, 0.3) is 0 Å². The van der Waals surface area contributed by atoms with Crippen molar-refractivity contribution >= 4 is 5.69 Å². The van der Waals surface area contributed by atoms with E-state index in [-0.39, 0.29) is 18.0 Å². The van der Waals surface area contributed by atoms with Crippen molar-refractivity contribution in [2.75, 3.05) is 24.6 Å². The smallest absolute Gasteiger partial charge is 0.125 e. The average Bonchev–Trinajstić information content (AvgIpc) is 3.28. The molecule has 2 N–H and O–H groups in total. The maximum Gasteiger partial charge on any atom is 0.125 e. The average molecular weight is 294 g/mol.